The normalized spacial score (nSPS) is 14.8. The number of aromatic nitrogens is 2. The summed E-state index contributed by atoms with van der Waals surface area (Å²) in [5, 5.41) is 13.9. The molecule has 3 nitrogen and oxygen atoms in total. The molecular formula is C15H17N3. The topological polar surface area (TPSA) is 37.8 Å². The molecule has 1 aromatic heterocycles. The van der Waals surface area contributed by atoms with E-state index in [1.54, 1.807) is 11.8 Å². The zero-order valence-corrected chi connectivity index (χ0v) is 10.4. The van der Waals surface area contributed by atoms with Crippen LogP contribution >= 0.6 is 0 Å². The van der Waals surface area contributed by atoms with E-state index in [1.807, 2.05) is 12.1 Å². The Morgan fingerprint density at radius 2 is 2.17 bits per heavy atom. The highest BCUT2D eigenvalue weighted by Gasteiger charge is 2.05. The van der Waals surface area contributed by atoms with Crippen molar-refractivity contribution in [2.45, 2.75) is 25.7 Å². The monoisotopic (exact) mass is 239 g/mol. The summed E-state index contributed by atoms with van der Waals surface area (Å²) in [6, 6.07) is 8.21. The lowest BCUT2D eigenvalue weighted by Crippen LogP contribution is -2.05. The summed E-state index contributed by atoms with van der Waals surface area (Å²) in [4.78, 5) is 0. The number of benzene rings is 1. The molecule has 0 atom stereocenters. The van der Waals surface area contributed by atoms with E-state index in [-0.39, 0.29) is 0 Å². The summed E-state index contributed by atoms with van der Waals surface area (Å²) in [6.07, 6.45) is 9.14. The number of anilines is 1. The van der Waals surface area contributed by atoms with Crippen molar-refractivity contribution in [2.24, 2.45) is 0 Å². The highest BCUT2D eigenvalue weighted by Crippen LogP contribution is 2.22. The maximum atomic E-state index is 4.19. The van der Waals surface area contributed by atoms with Gasteiger partial charge in [-0.25, -0.2) is 0 Å². The fourth-order valence-corrected chi connectivity index (χ4v) is 2.46. The third-order valence-corrected chi connectivity index (χ3v) is 3.44. The van der Waals surface area contributed by atoms with Crippen LogP contribution in [0.25, 0.3) is 10.8 Å². The van der Waals surface area contributed by atoms with Gasteiger partial charge in [0.05, 0.1) is 6.20 Å². The number of hydrogen-bond acceptors (Lipinski definition) is 3. The standard InChI is InChI=1S/C15H17N3/c1-2-6-12(5-1)9-10-16-15-14-8-4-3-7-13(14)11-17-18-15/h3-5,7-8,11H,1-2,6,9-10H2,(H,16,18). The number of nitrogens with zero attached hydrogens (tertiary/aromatic N) is 2. The van der Waals surface area contributed by atoms with E-state index in [0.29, 0.717) is 0 Å². The van der Waals surface area contributed by atoms with Crippen LogP contribution in [0.1, 0.15) is 25.7 Å². The molecule has 2 aromatic rings. The molecule has 0 fully saturated rings. The van der Waals surface area contributed by atoms with Crippen LogP contribution in [0.3, 0.4) is 0 Å². The fraction of sp³-hybridized carbons (Fsp3) is 0.333. The summed E-state index contributed by atoms with van der Waals surface area (Å²) in [7, 11) is 0. The second kappa shape index (κ2) is 5.17. The van der Waals surface area contributed by atoms with E-state index in [9.17, 15) is 0 Å². The van der Waals surface area contributed by atoms with Crippen molar-refractivity contribution in [3.63, 3.8) is 0 Å². The largest absolute Gasteiger partial charge is 0.368 e. The van der Waals surface area contributed by atoms with Gasteiger partial charge in [-0.15, -0.1) is 5.10 Å². The predicted molar refractivity (Wildman–Crippen MR) is 74.6 cm³/mol. The van der Waals surface area contributed by atoms with Gasteiger partial charge in [-0.2, -0.15) is 5.10 Å². The minimum atomic E-state index is 0.895. The van der Waals surface area contributed by atoms with E-state index in [1.165, 1.54) is 19.3 Å². The minimum Gasteiger partial charge on any atom is -0.368 e. The molecule has 0 spiro atoms. The SMILES string of the molecule is C1=C(CCNc2nncc3ccccc23)CCC1. The van der Waals surface area contributed by atoms with Crippen LogP contribution in [0.5, 0.6) is 0 Å². The predicted octanol–water partition coefficient (Wildman–Crippen LogP) is 3.54. The lowest BCUT2D eigenvalue weighted by molar-refractivity contribution is 0.860. The quantitative estimate of drug-likeness (QED) is 0.829. The zero-order chi connectivity index (χ0) is 12.2. The Kier molecular flexibility index (Phi) is 3.22. The first-order valence-corrected chi connectivity index (χ1v) is 6.56. The lowest BCUT2D eigenvalue weighted by Gasteiger charge is -2.08. The van der Waals surface area contributed by atoms with Gasteiger partial charge in [0.15, 0.2) is 5.82 Å². The van der Waals surface area contributed by atoms with E-state index >= 15 is 0 Å². The Balaban J connectivity index is 1.70. The average Bonchev–Trinajstić information content (AvgIpc) is 2.92. The summed E-state index contributed by atoms with van der Waals surface area (Å²) < 4.78 is 0. The number of fused-ring (bicyclic) bond motifs is 1. The fourth-order valence-electron chi connectivity index (χ4n) is 2.46. The molecule has 1 aliphatic rings. The molecular weight excluding hydrogens is 222 g/mol. The Hall–Kier alpha value is -1.90. The second-order valence-corrected chi connectivity index (χ2v) is 4.71. The van der Waals surface area contributed by atoms with Crippen LogP contribution in [-0.2, 0) is 0 Å². The summed E-state index contributed by atoms with van der Waals surface area (Å²) in [5.74, 6) is 0.895. The van der Waals surface area contributed by atoms with Gasteiger partial charge in [-0.1, -0.05) is 35.9 Å². The molecule has 18 heavy (non-hydrogen) atoms. The third kappa shape index (κ3) is 2.35. The zero-order valence-electron chi connectivity index (χ0n) is 10.4. The molecule has 0 saturated heterocycles. The molecule has 0 amide bonds. The van der Waals surface area contributed by atoms with Crippen molar-refractivity contribution in [3.05, 3.63) is 42.1 Å². The van der Waals surface area contributed by atoms with Crippen molar-refractivity contribution < 1.29 is 0 Å². The van der Waals surface area contributed by atoms with Gasteiger partial charge in [0, 0.05) is 17.3 Å². The maximum Gasteiger partial charge on any atom is 0.156 e. The van der Waals surface area contributed by atoms with Crippen LogP contribution in [0.15, 0.2) is 42.1 Å². The van der Waals surface area contributed by atoms with Crippen molar-refractivity contribution in [3.8, 4) is 0 Å². The van der Waals surface area contributed by atoms with Gasteiger partial charge in [-0.3, -0.25) is 0 Å². The van der Waals surface area contributed by atoms with Crippen LogP contribution < -0.4 is 5.32 Å². The van der Waals surface area contributed by atoms with Gasteiger partial charge in [0.1, 0.15) is 0 Å². The van der Waals surface area contributed by atoms with Crippen LogP contribution in [0.2, 0.25) is 0 Å². The molecule has 92 valence electrons. The molecule has 0 saturated carbocycles. The number of hydrogen-bond donors (Lipinski definition) is 1. The first-order chi connectivity index (χ1) is 8.93. The third-order valence-electron chi connectivity index (χ3n) is 3.44. The first-order valence-electron chi connectivity index (χ1n) is 6.56. The van der Waals surface area contributed by atoms with Gasteiger partial charge in [0.2, 0.25) is 0 Å². The van der Waals surface area contributed by atoms with E-state index in [0.717, 1.165) is 29.6 Å². The maximum absolute atomic E-state index is 4.19. The molecule has 0 unspecified atom stereocenters. The molecule has 0 aliphatic heterocycles. The average molecular weight is 239 g/mol. The molecule has 1 N–H and O–H groups in total. The van der Waals surface area contributed by atoms with Gasteiger partial charge in [0.25, 0.3) is 0 Å². The summed E-state index contributed by atoms with van der Waals surface area (Å²) in [6.45, 7) is 0.939. The number of nitrogens with one attached hydrogen (secondary N) is 1. The smallest absolute Gasteiger partial charge is 0.156 e. The second-order valence-electron chi connectivity index (χ2n) is 4.71. The lowest BCUT2D eigenvalue weighted by atomic mass is 10.1. The van der Waals surface area contributed by atoms with Crippen LogP contribution in [0.4, 0.5) is 5.82 Å². The van der Waals surface area contributed by atoms with Crippen molar-refractivity contribution in [2.75, 3.05) is 11.9 Å². The van der Waals surface area contributed by atoms with E-state index < -0.39 is 0 Å². The van der Waals surface area contributed by atoms with Crippen molar-refractivity contribution in [1.29, 1.82) is 0 Å². The molecule has 3 heteroatoms. The first kappa shape index (κ1) is 11.2. The van der Waals surface area contributed by atoms with Crippen LogP contribution in [0, 0.1) is 0 Å². The van der Waals surface area contributed by atoms with Gasteiger partial charge in [-0.05, 0) is 25.7 Å². The molecule has 1 heterocycles. The summed E-state index contributed by atoms with van der Waals surface area (Å²) in [5.41, 5.74) is 1.58. The highest BCUT2D eigenvalue weighted by atomic mass is 15.2. The van der Waals surface area contributed by atoms with Crippen molar-refractivity contribution in [1.82, 2.24) is 10.2 Å². The molecule has 1 aliphatic carbocycles. The number of rotatable bonds is 4. The Labute approximate surface area is 107 Å². The van der Waals surface area contributed by atoms with Crippen molar-refractivity contribution >= 4 is 16.6 Å². The minimum absolute atomic E-state index is 0.895. The Bertz CT molecular complexity index is 569. The summed E-state index contributed by atoms with van der Waals surface area (Å²) >= 11 is 0. The highest BCUT2D eigenvalue weighted by molar-refractivity contribution is 5.90. The van der Waals surface area contributed by atoms with E-state index in [4.69, 9.17) is 0 Å². The molecule has 1 aromatic carbocycles. The van der Waals surface area contributed by atoms with Gasteiger partial charge >= 0.3 is 0 Å². The van der Waals surface area contributed by atoms with Crippen LogP contribution in [-0.4, -0.2) is 16.7 Å². The Morgan fingerprint density at radius 3 is 3.06 bits per heavy atom. The van der Waals surface area contributed by atoms with E-state index in [2.05, 4.69) is 33.7 Å². The molecule has 3 rings (SSSR count). The number of allylic oxidation sites excluding steroid dienone is 1. The van der Waals surface area contributed by atoms with Gasteiger partial charge < -0.3 is 5.32 Å². The molecule has 0 radical (unpaired) electrons. The molecule has 0 bridgehead atoms. The Morgan fingerprint density at radius 1 is 1.22 bits per heavy atom.